The summed E-state index contributed by atoms with van der Waals surface area (Å²) in [6, 6.07) is 16.5. The third-order valence-electron chi connectivity index (χ3n) is 4.46. The van der Waals surface area contributed by atoms with E-state index in [2.05, 4.69) is 5.32 Å². The normalized spacial score (nSPS) is 13.0. The number of rotatable bonds is 8. The van der Waals surface area contributed by atoms with Gasteiger partial charge in [0.05, 0.1) is 0 Å². The highest BCUT2D eigenvalue weighted by atomic mass is 16.2. The molecule has 0 spiro atoms. The van der Waals surface area contributed by atoms with Crippen LogP contribution in [0.2, 0.25) is 0 Å². The summed E-state index contributed by atoms with van der Waals surface area (Å²) in [7, 11) is 0. The Morgan fingerprint density at radius 2 is 1.78 bits per heavy atom. The predicted molar refractivity (Wildman–Crippen MR) is 103 cm³/mol. The molecule has 2 aromatic rings. The average Bonchev–Trinajstić information content (AvgIpc) is 3.51. The summed E-state index contributed by atoms with van der Waals surface area (Å²) in [6.45, 7) is 0.618. The molecule has 3 rings (SSSR count). The van der Waals surface area contributed by atoms with E-state index >= 15 is 0 Å². The van der Waals surface area contributed by atoms with Crippen LogP contribution in [0.15, 0.2) is 54.6 Å². The molecule has 0 aromatic heterocycles. The van der Waals surface area contributed by atoms with Gasteiger partial charge in [-0.3, -0.25) is 14.4 Å². The van der Waals surface area contributed by atoms with Gasteiger partial charge in [0, 0.05) is 36.7 Å². The van der Waals surface area contributed by atoms with Crippen LogP contribution in [0.25, 0.3) is 0 Å². The van der Waals surface area contributed by atoms with Crippen LogP contribution < -0.4 is 11.1 Å². The maximum Gasteiger partial charge on any atom is 0.254 e. The minimum Gasteiger partial charge on any atom is -0.370 e. The molecule has 3 amide bonds. The van der Waals surface area contributed by atoms with Crippen molar-refractivity contribution < 1.29 is 14.4 Å². The first kappa shape index (κ1) is 18.6. The molecule has 1 aliphatic carbocycles. The maximum absolute atomic E-state index is 13.0. The Labute approximate surface area is 158 Å². The molecule has 6 heteroatoms. The Morgan fingerprint density at radius 1 is 1.04 bits per heavy atom. The van der Waals surface area contributed by atoms with Gasteiger partial charge >= 0.3 is 0 Å². The number of nitrogens with one attached hydrogen (secondary N) is 1. The van der Waals surface area contributed by atoms with Gasteiger partial charge in [-0.15, -0.1) is 0 Å². The molecule has 2 aromatic carbocycles. The van der Waals surface area contributed by atoms with Crippen molar-refractivity contribution in [2.75, 3.05) is 11.9 Å². The minimum absolute atomic E-state index is 0.00512. The highest BCUT2D eigenvalue weighted by Crippen LogP contribution is 2.30. The number of nitrogens with two attached hydrogens (primary N) is 1. The van der Waals surface area contributed by atoms with Crippen LogP contribution in [0, 0.1) is 5.92 Å². The number of carbonyl (C=O) groups is 3. The molecule has 0 atom stereocenters. The molecule has 0 aliphatic heterocycles. The van der Waals surface area contributed by atoms with E-state index < -0.39 is 5.91 Å². The van der Waals surface area contributed by atoms with Crippen molar-refractivity contribution >= 4 is 23.4 Å². The van der Waals surface area contributed by atoms with Gasteiger partial charge in [-0.05, 0) is 36.6 Å². The first-order chi connectivity index (χ1) is 13.0. The van der Waals surface area contributed by atoms with E-state index in [1.807, 2.05) is 30.3 Å². The number of primary amides is 1. The van der Waals surface area contributed by atoms with Gasteiger partial charge in [-0.2, -0.15) is 0 Å². The molecule has 0 saturated heterocycles. The minimum atomic E-state index is -0.452. The van der Waals surface area contributed by atoms with Crippen LogP contribution in [-0.2, 0) is 16.1 Å². The average molecular weight is 365 g/mol. The Kier molecular flexibility index (Phi) is 5.86. The lowest BCUT2D eigenvalue weighted by atomic mass is 10.1. The second-order valence-electron chi connectivity index (χ2n) is 6.77. The second kappa shape index (κ2) is 8.49. The van der Waals surface area contributed by atoms with Gasteiger partial charge in [0.15, 0.2) is 0 Å². The quantitative estimate of drug-likeness (QED) is 0.753. The SMILES string of the molecule is NC(=O)CCN(Cc1ccccc1)C(=O)c1cccc(NC(=O)C2CC2)c1. The van der Waals surface area contributed by atoms with E-state index in [0.29, 0.717) is 17.8 Å². The number of amides is 3. The number of carbonyl (C=O) groups excluding carboxylic acids is 3. The molecule has 6 nitrogen and oxygen atoms in total. The fourth-order valence-corrected chi connectivity index (χ4v) is 2.80. The molecule has 3 N–H and O–H groups in total. The van der Waals surface area contributed by atoms with Crippen molar-refractivity contribution in [1.82, 2.24) is 4.90 Å². The van der Waals surface area contributed by atoms with E-state index in [0.717, 1.165) is 18.4 Å². The van der Waals surface area contributed by atoms with Crippen LogP contribution in [0.3, 0.4) is 0 Å². The summed E-state index contributed by atoms with van der Waals surface area (Å²) in [4.78, 5) is 37.8. The zero-order chi connectivity index (χ0) is 19.2. The highest BCUT2D eigenvalue weighted by molar-refractivity contribution is 5.98. The maximum atomic E-state index is 13.0. The Bertz CT molecular complexity index is 832. The molecule has 27 heavy (non-hydrogen) atoms. The van der Waals surface area contributed by atoms with Gasteiger partial charge in [-0.1, -0.05) is 36.4 Å². The zero-order valence-electron chi connectivity index (χ0n) is 15.1. The van der Waals surface area contributed by atoms with Crippen LogP contribution in [0.4, 0.5) is 5.69 Å². The number of benzene rings is 2. The lowest BCUT2D eigenvalue weighted by Crippen LogP contribution is -2.33. The largest absolute Gasteiger partial charge is 0.370 e. The molecule has 1 fully saturated rings. The van der Waals surface area contributed by atoms with Crippen molar-refractivity contribution in [3.63, 3.8) is 0 Å². The van der Waals surface area contributed by atoms with Gasteiger partial charge in [0.2, 0.25) is 11.8 Å². The van der Waals surface area contributed by atoms with Crippen molar-refractivity contribution in [1.29, 1.82) is 0 Å². The Hall–Kier alpha value is -3.15. The third kappa shape index (κ3) is 5.41. The van der Waals surface area contributed by atoms with E-state index in [9.17, 15) is 14.4 Å². The summed E-state index contributed by atoms with van der Waals surface area (Å²) in [6.07, 6.45) is 1.93. The number of nitrogens with zero attached hydrogens (tertiary/aromatic N) is 1. The van der Waals surface area contributed by atoms with E-state index in [-0.39, 0.29) is 30.7 Å². The van der Waals surface area contributed by atoms with Crippen molar-refractivity contribution in [3.05, 3.63) is 65.7 Å². The molecule has 0 radical (unpaired) electrons. The fourth-order valence-electron chi connectivity index (χ4n) is 2.80. The van der Waals surface area contributed by atoms with E-state index in [1.54, 1.807) is 29.2 Å². The molecule has 0 unspecified atom stereocenters. The van der Waals surface area contributed by atoms with Gasteiger partial charge in [0.1, 0.15) is 0 Å². The summed E-state index contributed by atoms with van der Waals surface area (Å²) >= 11 is 0. The summed E-state index contributed by atoms with van der Waals surface area (Å²) in [5.41, 5.74) is 7.29. The molecular weight excluding hydrogens is 342 g/mol. The Morgan fingerprint density at radius 3 is 2.44 bits per heavy atom. The zero-order valence-corrected chi connectivity index (χ0v) is 15.1. The van der Waals surface area contributed by atoms with Gasteiger partial charge in [0.25, 0.3) is 5.91 Å². The van der Waals surface area contributed by atoms with Gasteiger partial charge < -0.3 is 16.0 Å². The van der Waals surface area contributed by atoms with Gasteiger partial charge in [-0.25, -0.2) is 0 Å². The smallest absolute Gasteiger partial charge is 0.254 e. The topological polar surface area (TPSA) is 92.5 Å². The molecule has 1 saturated carbocycles. The Balaban J connectivity index is 1.75. The van der Waals surface area contributed by atoms with Crippen molar-refractivity contribution in [2.45, 2.75) is 25.8 Å². The first-order valence-electron chi connectivity index (χ1n) is 9.05. The lowest BCUT2D eigenvalue weighted by molar-refractivity contribution is -0.118. The standard InChI is InChI=1S/C21H23N3O3/c22-19(25)11-12-24(14-15-5-2-1-3-6-15)21(27)17-7-4-8-18(13-17)23-20(26)16-9-10-16/h1-8,13,16H,9-12,14H2,(H2,22,25)(H,23,26). The number of anilines is 1. The molecule has 0 bridgehead atoms. The predicted octanol–water partition coefficient (Wildman–Crippen LogP) is 2.55. The monoisotopic (exact) mass is 365 g/mol. The molecule has 1 aliphatic rings. The number of hydrogen-bond donors (Lipinski definition) is 2. The first-order valence-corrected chi connectivity index (χ1v) is 9.05. The second-order valence-corrected chi connectivity index (χ2v) is 6.77. The molecule has 140 valence electrons. The van der Waals surface area contributed by atoms with E-state index in [1.165, 1.54) is 0 Å². The lowest BCUT2D eigenvalue weighted by Gasteiger charge is -2.23. The fraction of sp³-hybridized carbons (Fsp3) is 0.286. The summed E-state index contributed by atoms with van der Waals surface area (Å²) in [5.74, 6) is -0.571. The van der Waals surface area contributed by atoms with Crippen LogP contribution in [-0.4, -0.2) is 29.2 Å². The highest BCUT2D eigenvalue weighted by Gasteiger charge is 2.29. The van der Waals surface area contributed by atoms with Crippen LogP contribution in [0.1, 0.15) is 35.2 Å². The van der Waals surface area contributed by atoms with Crippen molar-refractivity contribution in [2.24, 2.45) is 11.7 Å². The van der Waals surface area contributed by atoms with E-state index in [4.69, 9.17) is 5.73 Å². The number of hydrogen-bond acceptors (Lipinski definition) is 3. The molecular formula is C21H23N3O3. The third-order valence-corrected chi connectivity index (χ3v) is 4.46. The summed E-state index contributed by atoms with van der Waals surface area (Å²) in [5, 5.41) is 2.85. The molecule has 0 heterocycles. The van der Waals surface area contributed by atoms with Crippen molar-refractivity contribution in [3.8, 4) is 0 Å². The van der Waals surface area contributed by atoms with Crippen LogP contribution >= 0.6 is 0 Å². The summed E-state index contributed by atoms with van der Waals surface area (Å²) < 4.78 is 0. The van der Waals surface area contributed by atoms with Crippen LogP contribution in [0.5, 0.6) is 0 Å².